The molecule has 110 valence electrons. The molecule has 1 rings (SSSR count). The second kappa shape index (κ2) is 7.35. The van der Waals surface area contributed by atoms with Crippen molar-refractivity contribution >= 4 is 34.1 Å². The number of nitro benzene ring substituents is 1. The van der Waals surface area contributed by atoms with Crippen molar-refractivity contribution in [2.45, 2.75) is 24.3 Å². The first-order valence-corrected chi connectivity index (χ1v) is 7.48. The zero-order chi connectivity index (χ0) is 15.3. The molecule has 2 atom stereocenters. The van der Waals surface area contributed by atoms with E-state index in [4.69, 9.17) is 11.6 Å². The minimum absolute atomic E-state index is 0.0125. The van der Waals surface area contributed by atoms with Gasteiger partial charge in [0.05, 0.1) is 34.8 Å². The summed E-state index contributed by atoms with van der Waals surface area (Å²) in [5.41, 5.74) is 0.0466. The van der Waals surface area contributed by atoms with Crippen molar-refractivity contribution in [3.63, 3.8) is 0 Å². The first-order valence-electron chi connectivity index (χ1n) is 5.72. The number of carbonyl (C=O) groups is 1. The molecular weight excluding hydrogens is 306 g/mol. The number of hydrogen-bond acceptors (Lipinski definition) is 5. The van der Waals surface area contributed by atoms with Crippen LogP contribution in [0.5, 0.6) is 0 Å². The van der Waals surface area contributed by atoms with Gasteiger partial charge in [-0.3, -0.25) is 19.1 Å². The van der Waals surface area contributed by atoms with Crippen LogP contribution in [0.1, 0.15) is 18.9 Å². The highest BCUT2D eigenvalue weighted by atomic mass is 35.5. The average Bonchev–Trinajstić information content (AvgIpc) is 2.40. The zero-order valence-electron chi connectivity index (χ0n) is 11.0. The highest BCUT2D eigenvalue weighted by molar-refractivity contribution is 7.84. The molecule has 0 saturated heterocycles. The third kappa shape index (κ3) is 4.28. The zero-order valence-corrected chi connectivity index (χ0v) is 12.6. The predicted octanol–water partition coefficient (Wildman–Crippen LogP) is 2.45. The van der Waals surface area contributed by atoms with Crippen LogP contribution >= 0.6 is 11.6 Å². The fourth-order valence-electron chi connectivity index (χ4n) is 1.56. The molecule has 1 aromatic carbocycles. The Kier molecular flexibility index (Phi) is 6.09. The van der Waals surface area contributed by atoms with Gasteiger partial charge in [0.25, 0.3) is 5.69 Å². The quantitative estimate of drug-likeness (QED) is 0.456. The van der Waals surface area contributed by atoms with Crippen LogP contribution in [0.4, 0.5) is 5.69 Å². The van der Waals surface area contributed by atoms with E-state index < -0.39 is 26.9 Å². The van der Waals surface area contributed by atoms with Gasteiger partial charge in [0.2, 0.25) is 0 Å². The third-order valence-corrected chi connectivity index (χ3v) is 4.70. The number of benzene rings is 1. The van der Waals surface area contributed by atoms with Crippen LogP contribution in [-0.2, 0) is 26.1 Å². The maximum Gasteiger partial charge on any atom is 0.306 e. The molecule has 0 aromatic heterocycles. The lowest BCUT2D eigenvalue weighted by Crippen LogP contribution is -2.18. The van der Waals surface area contributed by atoms with E-state index in [1.54, 1.807) is 6.92 Å². The van der Waals surface area contributed by atoms with Crippen LogP contribution in [0.25, 0.3) is 0 Å². The normalized spacial score (nSPS) is 13.6. The molecule has 0 N–H and O–H groups in total. The Morgan fingerprint density at radius 1 is 1.55 bits per heavy atom. The number of halogens is 1. The van der Waals surface area contributed by atoms with Crippen LogP contribution in [0.15, 0.2) is 18.2 Å². The second-order valence-electron chi connectivity index (χ2n) is 4.11. The first kappa shape index (κ1) is 16.6. The molecule has 1 aromatic rings. The molecule has 0 spiro atoms. The summed E-state index contributed by atoms with van der Waals surface area (Å²) in [6, 6.07) is 4.28. The number of rotatable bonds is 6. The molecular formula is C12H14ClNO5S. The second-order valence-corrected chi connectivity index (χ2v) is 6.37. The fraction of sp³-hybridized carbons (Fsp3) is 0.417. The summed E-state index contributed by atoms with van der Waals surface area (Å²) in [5, 5.41) is 10.6. The van der Waals surface area contributed by atoms with Crippen molar-refractivity contribution in [1.29, 1.82) is 0 Å². The van der Waals surface area contributed by atoms with E-state index >= 15 is 0 Å². The van der Waals surface area contributed by atoms with Crippen LogP contribution < -0.4 is 0 Å². The predicted molar refractivity (Wildman–Crippen MR) is 76.0 cm³/mol. The lowest BCUT2D eigenvalue weighted by Gasteiger charge is -2.11. The fourth-order valence-corrected chi connectivity index (χ4v) is 3.07. The van der Waals surface area contributed by atoms with Crippen molar-refractivity contribution in [3.05, 3.63) is 38.9 Å². The highest BCUT2D eigenvalue weighted by Crippen LogP contribution is 2.28. The molecule has 8 heteroatoms. The van der Waals surface area contributed by atoms with E-state index in [0.29, 0.717) is 0 Å². The van der Waals surface area contributed by atoms with Crippen LogP contribution in [0, 0.1) is 10.1 Å². The van der Waals surface area contributed by atoms with E-state index in [0.717, 1.165) is 0 Å². The number of esters is 1. The van der Waals surface area contributed by atoms with E-state index in [2.05, 4.69) is 4.74 Å². The molecule has 0 heterocycles. The standard InChI is InChI=1S/C12H14ClNO5S/c1-8(6-12(15)19-2)20(18)7-9-10(13)4-3-5-11(9)14(16)17/h3-5,8H,6-7H2,1-2H3. The molecule has 20 heavy (non-hydrogen) atoms. The number of nitro groups is 1. The van der Waals surface area contributed by atoms with Crippen LogP contribution in [-0.4, -0.2) is 27.5 Å². The molecule has 0 radical (unpaired) electrons. The van der Waals surface area contributed by atoms with Crippen molar-refractivity contribution in [3.8, 4) is 0 Å². The van der Waals surface area contributed by atoms with E-state index in [-0.39, 0.29) is 28.4 Å². The SMILES string of the molecule is COC(=O)CC(C)S(=O)Cc1c(Cl)cccc1[N+](=O)[O-]. The smallest absolute Gasteiger partial charge is 0.306 e. The molecule has 0 bridgehead atoms. The highest BCUT2D eigenvalue weighted by Gasteiger charge is 2.22. The van der Waals surface area contributed by atoms with Crippen molar-refractivity contribution in [2.24, 2.45) is 0 Å². The van der Waals surface area contributed by atoms with Crippen molar-refractivity contribution in [1.82, 2.24) is 0 Å². The molecule has 0 fully saturated rings. The minimum atomic E-state index is -1.46. The summed E-state index contributed by atoms with van der Waals surface area (Å²) in [4.78, 5) is 21.5. The number of methoxy groups -OCH3 is 1. The molecule has 6 nitrogen and oxygen atoms in total. The summed E-state index contributed by atoms with van der Waals surface area (Å²) >= 11 is 5.92. The largest absolute Gasteiger partial charge is 0.469 e. The van der Waals surface area contributed by atoms with E-state index in [9.17, 15) is 19.1 Å². The Balaban J connectivity index is 2.90. The van der Waals surface area contributed by atoms with Gasteiger partial charge in [-0.1, -0.05) is 24.6 Å². The van der Waals surface area contributed by atoms with Gasteiger partial charge in [0.15, 0.2) is 0 Å². The summed E-state index contributed by atoms with van der Waals surface area (Å²) in [5.74, 6) is -0.548. The molecule has 0 aliphatic carbocycles. The van der Waals surface area contributed by atoms with Gasteiger partial charge in [-0.25, -0.2) is 0 Å². The van der Waals surface area contributed by atoms with E-state index in [1.165, 1.54) is 25.3 Å². The Morgan fingerprint density at radius 3 is 2.75 bits per heavy atom. The number of carbonyl (C=O) groups excluding carboxylic acids is 1. The van der Waals surface area contributed by atoms with Crippen LogP contribution in [0.2, 0.25) is 5.02 Å². The first-order chi connectivity index (χ1) is 9.36. The Labute approximate surface area is 123 Å². The van der Waals surface area contributed by atoms with Gasteiger partial charge in [0, 0.05) is 22.1 Å². The Bertz CT molecular complexity index is 549. The summed E-state index contributed by atoms with van der Waals surface area (Å²) < 4.78 is 16.6. The van der Waals surface area contributed by atoms with Gasteiger partial charge in [-0.2, -0.15) is 0 Å². The minimum Gasteiger partial charge on any atom is -0.469 e. The Hall–Kier alpha value is -1.47. The molecule has 2 unspecified atom stereocenters. The van der Waals surface area contributed by atoms with Gasteiger partial charge < -0.3 is 4.74 Å². The summed E-state index contributed by atoms with van der Waals surface area (Å²) in [7, 11) is -0.218. The van der Waals surface area contributed by atoms with Gasteiger partial charge in [-0.15, -0.1) is 0 Å². The molecule has 0 aliphatic rings. The van der Waals surface area contributed by atoms with Gasteiger partial charge in [-0.05, 0) is 6.07 Å². The molecule has 0 amide bonds. The van der Waals surface area contributed by atoms with Gasteiger partial charge >= 0.3 is 5.97 Å². The lowest BCUT2D eigenvalue weighted by atomic mass is 10.2. The maximum atomic E-state index is 12.1. The average molecular weight is 320 g/mol. The number of nitrogens with zero attached hydrogens (tertiary/aromatic N) is 1. The topological polar surface area (TPSA) is 86.5 Å². The number of ether oxygens (including phenoxy) is 1. The maximum absolute atomic E-state index is 12.1. The van der Waals surface area contributed by atoms with E-state index in [1.807, 2.05) is 0 Å². The molecule has 0 saturated carbocycles. The number of hydrogen-bond donors (Lipinski definition) is 0. The van der Waals surface area contributed by atoms with Crippen LogP contribution in [0.3, 0.4) is 0 Å². The monoisotopic (exact) mass is 319 g/mol. The van der Waals surface area contributed by atoms with Gasteiger partial charge in [0.1, 0.15) is 0 Å². The summed E-state index contributed by atoms with van der Waals surface area (Å²) in [6.45, 7) is 1.62. The van der Waals surface area contributed by atoms with Crippen molar-refractivity contribution < 1.29 is 18.7 Å². The Morgan fingerprint density at radius 2 is 2.20 bits per heavy atom. The molecule has 0 aliphatic heterocycles. The van der Waals surface area contributed by atoms with Crippen molar-refractivity contribution in [2.75, 3.05) is 7.11 Å². The third-order valence-electron chi connectivity index (χ3n) is 2.71. The lowest BCUT2D eigenvalue weighted by molar-refractivity contribution is -0.385. The summed E-state index contributed by atoms with van der Waals surface area (Å²) in [6.07, 6.45) is -0.0125.